The highest BCUT2D eigenvalue weighted by Gasteiger charge is 2.23. The molecule has 5 nitrogen and oxygen atoms in total. The van der Waals surface area contributed by atoms with Crippen molar-refractivity contribution in [1.82, 2.24) is 5.32 Å². The average Bonchev–Trinajstić information content (AvgIpc) is 2.92. The van der Waals surface area contributed by atoms with Gasteiger partial charge in [0, 0.05) is 24.4 Å². The quantitative estimate of drug-likeness (QED) is 0.786. The van der Waals surface area contributed by atoms with Crippen LogP contribution in [0.1, 0.15) is 18.9 Å². The lowest BCUT2D eigenvalue weighted by atomic mass is 10.2. The van der Waals surface area contributed by atoms with Gasteiger partial charge in [-0.1, -0.05) is 19.1 Å². The first-order valence-electron chi connectivity index (χ1n) is 7.08. The second-order valence-corrected chi connectivity index (χ2v) is 6.05. The minimum absolute atomic E-state index is 0.0573. The lowest BCUT2D eigenvalue weighted by Gasteiger charge is -2.14. The number of rotatable bonds is 7. The predicted octanol–water partition coefficient (Wildman–Crippen LogP) is 2.40. The number of benzene rings is 1. The van der Waals surface area contributed by atoms with E-state index in [1.54, 1.807) is 16.7 Å². The Morgan fingerprint density at radius 1 is 1.48 bits per heavy atom. The lowest BCUT2D eigenvalue weighted by Crippen LogP contribution is -2.25. The van der Waals surface area contributed by atoms with Crippen LogP contribution in [0.15, 0.2) is 24.3 Å². The molecular weight excluding hydrogens is 288 g/mol. The van der Waals surface area contributed by atoms with Crippen molar-refractivity contribution in [3.05, 3.63) is 29.8 Å². The van der Waals surface area contributed by atoms with E-state index in [-0.39, 0.29) is 12.0 Å². The monoisotopic (exact) mass is 308 g/mol. The summed E-state index contributed by atoms with van der Waals surface area (Å²) in [5, 5.41) is 2.90. The van der Waals surface area contributed by atoms with Gasteiger partial charge in [0.05, 0.1) is 6.54 Å². The summed E-state index contributed by atoms with van der Waals surface area (Å²) >= 11 is 1.76. The van der Waals surface area contributed by atoms with Crippen molar-refractivity contribution in [3.8, 4) is 0 Å². The number of amides is 2. The molecule has 1 aromatic carbocycles. The van der Waals surface area contributed by atoms with Crippen LogP contribution in [0.4, 0.5) is 10.5 Å². The van der Waals surface area contributed by atoms with Gasteiger partial charge < -0.3 is 10.1 Å². The van der Waals surface area contributed by atoms with E-state index in [9.17, 15) is 9.59 Å². The molecule has 0 unspecified atom stereocenters. The number of ether oxygens (including phenoxy) is 1. The van der Waals surface area contributed by atoms with Crippen molar-refractivity contribution >= 4 is 29.4 Å². The number of carbonyl (C=O) groups excluding carboxylic acids is 2. The molecule has 0 aromatic heterocycles. The van der Waals surface area contributed by atoms with E-state index in [0.29, 0.717) is 26.1 Å². The van der Waals surface area contributed by atoms with Gasteiger partial charge in [-0.25, -0.2) is 4.79 Å². The van der Waals surface area contributed by atoms with Gasteiger partial charge >= 0.3 is 6.09 Å². The zero-order chi connectivity index (χ0) is 15.1. The molecule has 0 atom stereocenters. The number of anilines is 1. The molecule has 1 aliphatic heterocycles. The maximum atomic E-state index is 11.7. The number of thioether (sulfide) groups is 1. The van der Waals surface area contributed by atoms with Gasteiger partial charge in [-0.15, -0.1) is 0 Å². The molecule has 1 aliphatic rings. The number of hydrogen-bond donors (Lipinski definition) is 1. The van der Waals surface area contributed by atoms with E-state index in [4.69, 9.17) is 4.74 Å². The third-order valence-corrected chi connectivity index (χ3v) is 4.05. The number of nitrogens with one attached hydrogen (secondary N) is 1. The van der Waals surface area contributed by atoms with Crippen LogP contribution in [0.5, 0.6) is 0 Å². The van der Waals surface area contributed by atoms with Crippen LogP contribution in [0.25, 0.3) is 0 Å². The predicted molar refractivity (Wildman–Crippen MR) is 84.6 cm³/mol. The number of nitrogens with zero attached hydrogens (tertiary/aromatic N) is 1. The van der Waals surface area contributed by atoms with E-state index in [1.165, 1.54) is 0 Å². The van der Waals surface area contributed by atoms with E-state index >= 15 is 0 Å². The fraction of sp³-hybridized carbons (Fsp3) is 0.467. The van der Waals surface area contributed by atoms with Gasteiger partial charge in [0.15, 0.2) is 0 Å². The van der Waals surface area contributed by atoms with Crippen molar-refractivity contribution in [3.63, 3.8) is 0 Å². The minimum atomic E-state index is -0.312. The maximum Gasteiger partial charge on any atom is 0.414 e. The first-order chi connectivity index (χ1) is 10.2. The summed E-state index contributed by atoms with van der Waals surface area (Å²) in [5.41, 5.74) is 1.79. The Labute approximate surface area is 129 Å². The van der Waals surface area contributed by atoms with Crippen molar-refractivity contribution in [2.24, 2.45) is 0 Å². The van der Waals surface area contributed by atoms with Crippen LogP contribution < -0.4 is 10.2 Å². The molecule has 0 bridgehead atoms. The van der Waals surface area contributed by atoms with Gasteiger partial charge in [-0.2, -0.15) is 11.8 Å². The summed E-state index contributed by atoms with van der Waals surface area (Å²) in [7, 11) is 0. The Hall–Kier alpha value is -1.69. The zero-order valence-corrected chi connectivity index (χ0v) is 12.9. The lowest BCUT2D eigenvalue weighted by molar-refractivity contribution is -0.120. The van der Waals surface area contributed by atoms with Gasteiger partial charge in [-0.3, -0.25) is 9.69 Å². The molecule has 21 heavy (non-hydrogen) atoms. The van der Waals surface area contributed by atoms with Crippen molar-refractivity contribution in [2.45, 2.75) is 19.9 Å². The molecule has 2 amide bonds. The molecule has 6 heteroatoms. The summed E-state index contributed by atoms with van der Waals surface area (Å²) in [4.78, 5) is 24.8. The summed E-state index contributed by atoms with van der Waals surface area (Å²) in [6.07, 6.45) is 0.226. The van der Waals surface area contributed by atoms with E-state index in [0.717, 1.165) is 22.8 Å². The minimum Gasteiger partial charge on any atom is -0.447 e. The molecule has 1 heterocycles. The summed E-state index contributed by atoms with van der Waals surface area (Å²) < 4.78 is 4.93. The Bertz CT molecular complexity index is 507. The summed E-state index contributed by atoms with van der Waals surface area (Å²) in [5.74, 6) is 1.94. The Morgan fingerprint density at radius 2 is 2.33 bits per heavy atom. The fourth-order valence-electron chi connectivity index (χ4n) is 2.06. The molecule has 1 aromatic rings. The molecule has 2 rings (SSSR count). The molecule has 0 spiro atoms. The molecule has 0 saturated carbocycles. The van der Waals surface area contributed by atoms with Gasteiger partial charge in [0.1, 0.15) is 6.61 Å². The zero-order valence-electron chi connectivity index (χ0n) is 12.1. The molecule has 114 valence electrons. The SMILES string of the molecule is CCSCCC(=O)NCc1cccc(N2CCOC2=O)c1. The van der Waals surface area contributed by atoms with Gasteiger partial charge in [-0.05, 0) is 23.4 Å². The van der Waals surface area contributed by atoms with Gasteiger partial charge in [0.2, 0.25) is 5.91 Å². The van der Waals surface area contributed by atoms with Crippen LogP contribution >= 0.6 is 11.8 Å². The second-order valence-electron chi connectivity index (χ2n) is 4.66. The van der Waals surface area contributed by atoms with Crippen LogP contribution in [0.2, 0.25) is 0 Å². The normalized spacial score (nSPS) is 14.1. The third-order valence-electron chi connectivity index (χ3n) is 3.15. The standard InChI is InChI=1S/C15H20N2O3S/c1-2-21-9-6-14(18)16-11-12-4-3-5-13(10-12)17-7-8-20-15(17)19/h3-5,10H,2,6-9,11H2,1H3,(H,16,18). The number of carbonyl (C=O) groups is 2. The Morgan fingerprint density at radius 3 is 3.05 bits per heavy atom. The fourth-order valence-corrected chi connectivity index (χ4v) is 2.68. The first kappa shape index (κ1) is 15.7. The molecule has 1 saturated heterocycles. The van der Waals surface area contributed by atoms with E-state index in [2.05, 4.69) is 12.2 Å². The maximum absolute atomic E-state index is 11.7. The second kappa shape index (κ2) is 7.93. The molecule has 1 N–H and O–H groups in total. The van der Waals surface area contributed by atoms with Crippen LogP contribution in [0.3, 0.4) is 0 Å². The van der Waals surface area contributed by atoms with Crippen molar-refractivity contribution in [1.29, 1.82) is 0 Å². The molecule has 1 fully saturated rings. The summed E-state index contributed by atoms with van der Waals surface area (Å²) in [6.45, 7) is 3.56. The highest BCUT2D eigenvalue weighted by atomic mass is 32.2. The largest absolute Gasteiger partial charge is 0.447 e. The van der Waals surface area contributed by atoms with Crippen LogP contribution in [-0.2, 0) is 16.1 Å². The smallest absolute Gasteiger partial charge is 0.414 e. The Balaban J connectivity index is 1.86. The van der Waals surface area contributed by atoms with Crippen molar-refractivity contribution < 1.29 is 14.3 Å². The van der Waals surface area contributed by atoms with Crippen molar-refractivity contribution in [2.75, 3.05) is 29.6 Å². The van der Waals surface area contributed by atoms with Gasteiger partial charge in [0.25, 0.3) is 0 Å². The summed E-state index contributed by atoms with van der Waals surface area (Å²) in [6, 6.07) is 7.60. The molecular formula is C15H20N2O3S. The van der Waals surface area contributed by atoms with E-state index in [1.807, 2.05) is 24.3 Å². The molecule has 0 aliphatic carbocycles. The Kier molecular flexibility index (Phi) is 5.92. The van der Waals surface area contributed by atoms with Crippen LogP contribution in [0, 0.1) is 0 Å². The first-order valence-corrected chi connectivity index (χ1v) is 8.24. The van der Waals surface area contributed by atoms with E-state index < -0.39 is 0 Å². The number of cyclic esters (lactones) is 1. The third kappa shape index (κ3) is 4.67. The average molecular weight is 308 g/mol. The highest BCUT2D eigenvalue weighted by Crippen LogP contribution is 2.19. The number of hydrogen-bond acceptors (Lipinski definition) is 4. The van der Waals surface area contributed by atoms with Crippen LogP contribution in [-0.4, -0.2) is 36.7 Å². The molecule has 0 radical (unpaired) electrons. The topological polar surface area (TPSA) is 58.6 Å². The highest BCUT2D eigenvalue weighted by molar-refractivity contribution is 7.99.